The molecule has 29 heavy (non-hydrogen) atoms. The number of hydrogen-bond acceptors (Lipinski definition) is 6. The molecule has 0 saturated carbocycles. The van der Waals surface area contributed by atoms with E-state index in [0.717, 1.165) is 18.2 Å². The van der Waals surface area contributed by atoms with Gasteiger partial charge in [-0.05, 0) is 31.4 Å². The highest BCUT2D eigenvalue weighted by molar-refractivity contribution is 7.99. The Hall–Kier alpha value is -2.39. The van der Waals surface area contributed by atoms with Gasteiger partial charge >= 0.3 is 6.03 Å². The third-order valence-corrected chi connectivity index (χ3v) is 5.17. The van der Waals surface area contributed by atoms with E-state index in [0.29, 0.717) is 35.1 Å². The maximum atomic E-state index is 13.0. The quantitative estimate of drug-likeness (QED) is 0.477. The average molecular weight is 421 g/mol. The van der Waals surface area contributed by atoms with Gasteiger partial charge in [-0.15, -0.1) is 0 Å². The summed E-state index contributed by atoms with van der Waals surface area (Å²) in [5.41, 5.74) is 0.377. The maximum absolute atomic E-state index is 13.0. The van der Waals surface area contributed by atoms with E-state index in [4.69, 9.17) is 4.74 Å². The number of ether oxygens (including phenoxy) is 1. The summed E-state index contributed by atoms with van der Waals surface area (Å²) in [6.45, 7) is 6.81. The molecular formula is C20H28N4O4S. The van der Waals surface area contributed by atoms with Crippen molar-refractivity contribution in [3.63, 3.8) is 0 Å². The Morgan fingerprint density at radius 2 is 1.97 bits per heavy atom. The summed E-state index contributed by atoms with van der Waals surface area (Å²) in [6, 6.07) is 6.30. The molecule has 0 aliphatic carbocycles. The predicted molar refractivity (Wildman–Crippen MR) is 114 cm³/mol. The minimum atomic E-state index is -0.520. The number of imide groups is 1. The highest BCUT2D eigenvalue weighted by Gasteiger charge is 2.18. The van der Waals surface area contributed by atoms with Crippen LogP contribution in [-0.4, -0.2) is 47.5 Å². The van der Waals surface area contributed by atoms with E-state index in [9.17, 15) is 14.4 Å². The van der Waals surface area contributed by atoms with Crippen molar-refractivity contribution in [3.05, 3.63) is 34.6 Å². The number of aromatic nitrogens is 2. The van der Waals surface area contributed by atoms with E-state index in [1.807, 2.05) is 6.92 Å². The number of para-hydroxylation sites is 1. The van der Waals surface area contributed by atoms with Gasteiger partial charge in [0.1, 0.15) is 0 Å². The Bertz CT molecular complexity index is 913. The number of carbonyl (C=O) groups is 2. The zero-order valence-corrected chi connectivity index (χ0v) is 18.0. The number of thioether (sulfide) groups is 1. The van der Waals surface area contributed by atoms with Crippen molar-refractivity contribution in [3.8, 4) is 0 Å². The number of fused-ring (bicyclic) bond motifs is 1. The van der Waals surface area contributed by atoms with Gasteiger partial charge in [-0.25, -0.2) is 9.78 Å². The van der Waals surface area contributed by atoms with Gasteiger partial charge in [-0.2, -0.15) is 0 Å². The van der Waals surface area contributed by atoms with Crippen LogP contribution in [0.5, 0.6) is 0 Å². The van der Waals surface area contributed by atoms with Gasteiger partial charge in [0.2, 0.25) is 5.91 Å². The second-order valence-electron chi connectivity index (χ2n) is 7.17. The van der Waals surface area contributed by atoms with E-state index in [2.05, 4.69) is 29.5 Å². The van der Waals surface area contributed by atoms with Gasteiger partial charge in [0.05, 0.1) is 29.3 Å². The fraction of sp³-hybridized carbons (Fsp3) is 0.500. The van der Waals surface area contributed by atoms with Gasteiger partial charge < -0.3 is 10.1 Å². The van der Waals surface area contributed by atoms with Crippen LogP contribution < -0.4 is 16.2 Å². The van der Waals surface area contributed by atoms with Crippen molar-refractivity contribution >= 4 is 34.6 Å². The molecule has 0 aliphatic rings. The first-order chi connectivity index (χ1) is 13.8. The van der Waals surface area contributed by atoms with Crippen LogP contribution in [-0.2, 0) is 9.53 Å². The number of amides is 3. The number of methoxy groups -OCH3 is 1. The number of nitrogens with zero attached hydrogens (tertiary/aromatic N) is 2. The summed E-state index contributed by atoms with van der Waals surface area (Å²) in [5, 5.41) is 5.87. The normalized spacial score (nSPS) is 12.2. The smallest absolute Gasteiger partial charge is 0.321 e. The number of rotatable bonds is 9. The number of benzene rings is 1. The van der Waals surface area contributed by atoms with Crippen molar-refractivity contribution in [2.24, 2.45) is 5.92 Å². The van der Waals surface area contributed by atoms with Crippen molar-refractivity contribution in [1.29, 1.82) is 0 Å². The highest BCUT2D eigenvalue weighted by atomic mass is 32.2. The standard InChI is InChI=1S/C20H28N4O4S/c1-13(2)9-10-21-19(27)23-17(25)12-29-20-22-16-8-6-5-7-15(16)18(26)24(20)14(3)11-28-4/h5-8,13-14H,9-12H2,1-4H3,(H2,21,23,25,27)/t14-/m1/s1. The molecule has 0 aliphatic heterocycles. The lowest BCUT2D eigenvalue weighted by Crippen LogP contribution is -2.41. The van der Waals surface area contributed by atoms with Crippen molar-refractivity contribution in [1.82, 2.24) is 20.2 Å². The molecule has 0 bridgehead atoms. The molecule has 0 unspecified atom stereocenters. The summed E-state index contributed by atoms with van der Waals surface area (Å²) in [6.07, 6.45) is 0.834. The topological polar surface area (TPSA) is 102 Å². The van der Waals surface area contributed by atoms with E-state index >= 15 is 0 Å². The third kappa shape index (κ3) is 6.57. The molecule has 0 saturated heterocycles. The molecule has 2 N–H and O–H groups in total. The zero-order valence-electron chi connectivity index (χ0n) is 17.2. The lowest BCUT2D eigenvalue weighted by Gasteiger charge is -2.18. The lowest BCUT2D eigenvalue weighted by molar-refractivity contribution is -0.117. The molecule has 0 radical (unpaired) electrons. The van der Waals surface area contributed by atoms with Crippen molar-refractivity contribution in [2.75, 3.05) is 26.0 Å². The summed E-state index contributed by atoms with van der Waals surface area (Å²) >= 11 is 1.11. The molecular weight excluding hydrogens is 392 g/mol. The molecule has 158 valence electrons. The molecule has 9 heteroatoms. The monoisotopic (exact) mass is 420 g/mol. The fourth-order valence-electron chi connectivity index (χ4n) is 2.74. The molecule has 2 rings (SSSR count). The summed E-state index contributed by atoms with van der Waals surface area (Å²) in [4.78, 5) is 41.4. The summed E-state index contributed by atoms with van der Waals surface area (Å²) in [5.74, 6) is -0.0287. The molecule has 2 aromatic rings. The molecule has 1 atom stereocenters. The molecule has 8 nitrogen and oxygen atoms in total. The van der Waals surface area contributed by atoms with Crippen LogP contribution in [0.1, 0.15) is 33.2 Å². The lowest BCUT2D eigenvalue weighted by atomic mass is 10.1. The van der Waals surface area contributed by atoms with E-state index in [1.54, 1.807) is 31.4 Å². The number of carbonyl (C=O) groups excluding carboxylic acids is 2. The van der Waals surface area contributed by atoms with Gasteiger partial charge in [-0.1, -0.05) is 37.7 Å². The number of urea groups is 1. The second-order valence-corrected chi connectivity index (χ2v) is 8.11. The van der Waals surface area contributed by atoms with Crippen LogP contribution in [0.2, 0.25) is 0 Å². The van der Waals surface area contributed by atoms with Crippen LogP contribution in [0.25, 0.3) is 10.9 Å². The van der Waals surface area contributed by atoms with E-state index in [-0.39, 0.29) is 17.4 Å². The van der Waals surface area contributed by atoms with Gasteiger partial charge in [0.15, 0.2) is 5.16 Å². The Morgan fingerprint density at radius 3 is 2.66 bits per heavy atom. The second kappa shape index (κ2) is 11.0. The van der Waals surface area contributed by atoms with Crippen LogP contribution in [0, 0.1) is 5.92 Å². The Morgan fingerprint density at radius 1 is 1.24 bits per heavy atom. The molecule has 0 spiro atoms. The van der Waals surface area contributed by atoms with Crippen molar-refractivity contribution in [2.45, 2.75) is 38.4 Å². The zero-order chi connectivity index (χ0) is 21.4. The number of hydrogen-bond donors (Lipinski definition) is 2. The molecule has 3 amide bonds. The highest BCUT2D eigenvalue weighted by Crippen LogP contribution is 2.21. The van der Waals surface area contributed by atoms with Gasteiger partial charge in [-0.3, -0.25) is 19.5 Å². The van der Waals surface area contributed by atoms with Crippen LogP contribution >= 0.6 is 11.8 Å². The first kappa shape index (κ1) is 22.9. The fourth-order valence-corrected chi connectivity index (χ4v) is 3.64. The molecule has 0 fully saturated rings. The predicted octanol–water partition coefficient (Wildman–Crippen LogP) is 2.57. The first-order valence-electron chi connectivity index (χ1n) is 9.54. The van der Waals surface area contributed by atoms with Crippen LogP contribution in [0.3, 0.4) is 0 Å². The molecule has 1 aromatic heterocycles. The Kier molecular flexibility index (Phi) is 8.66. The summed E-state index contributed by atoms with van der Waals surface area (Å²) < 4.78 is 6.72. The minimum Gasteiger partial charge on any atom is -0.383 e. The Labute approximate surface area is 174 Å². The summed E-state index contributed by atoms with van der Waals surface area (Å²) in [7, 11) is 1.56. The minimum absolute atomic E-state index is 0.0396. The SMILES string of the molecule is COC[C@@H](C)n1c(SCC(=O)NC(=O)NCCC(C)C)nc2ccccc2c1=O. The van der Waals surface area contributed by atoms with Crippen molar-refractivity contribution < 1.29 is 14.3 Å². The van der Waals surface area contributed by atoms with E-state index < -0.39 is 11.9 Å². The van der Waals surface area contributed by atoms with Gasteiger partial charge in [0.25, 0.3) is 5.56 Å². The maximum Gasteiger partial charge on any atom is 0.321 e. The van der Waals surface area contributed by atoms with Crippen LogP contribution in [0.15, 0.2) is 34.2 Å². The average Bonchev–Trinajstić information content (AvgIpc) is 2.66. The molecule has 1 heterocycles. The molecule has 1 aromatic carbocycles. The van der Waals surface area contributed by atoms with E-state index in [1.165, 1.54) is 4.57 Å². The largest absolute Gasteiger partial charge is 0.383 e. The first-order valence-corrected chi connectivity index (χ1v) is 10.5. The van der Waals surface area contributed by atoms with Gasteiger partial charge in [0, 0.05) is 13.7 Å². The Balaban J connectivity index is 2.12. The van der Waals surface area contributed by atoms with Crippen LogP contribution in [0.4, 0.5) is 4.79 Å². The number of nitrogens with one attached hydrogen (secondary N) is 2. The third-order valence-electron chi connectivity index (χ3n) is 4.22.